The number of piperidine rings is 1. The molecule has 1 aliphatic rings. The van der Waals surface area contributed by atoms with E-state index in [0.717, 1.165) is 23.4 Å². The minimum absolute atomic E-state index is 0.0105. The van der Waals surface area contributed by atoms with E-state index in [4.69, 9.17) is 11.6 Å². The highest BCUT2D eigenvalue weighted by molar-refractivity contribution is 7.10. The van der Waals surface area contributed by atoms with Crippen molar-refractivity contribution in [1.82, 2.24) is 14.8 Å². The Labute approximate surface area is 224 Å². The third-order valence-electron chi connectivity index (χ3n) is 6.39. The number of halogens is 2. The average Bonchev–Trinajstić information content (AvgIpc) is 3.39. The highest BCUT2D eigenvalue weighted by Gasteiger charge is 2.27. The summed E-state index contributed by atoms with van der Waals surface area (Å²) in [5.41, 5.74) is 2.05. The van der Waals surface area contributed by atoms with Gasteiger partial charge in [0.1, 0.15) is 11.5 Å². The number of hydrogen-bond donors (Lipinski definition) is 1. The summed E-state index contributed by atoms with van der Waals surface area (Å²) < 4.78 is 14.0. The first kappa shape index (κ1) is 26.8. The quantitative estimate of drug-likeness (QED) is 0.431. The fourth-order valence-corrected chi connectivity index (χ4v) is 5.33. The van der Waals surface area contributed by atoms with E-state index in [1.807, 2.05) is 0 Å². The minimum Gasteiger partial charge on any atom is -0.349 e. The molecule has 2 heterocycles. The molecule has 3 amide bonds. The van der Waals surface area contributed by atoms with Crippen molar-refractivity contribution in [1.29, 1.82) is 0 Å². The second-order valence-corrected chi connectivity index (χ2v) is 10.5. The summed E-state index contributed by atoms with van der Waals surface area (Å²) in [4.78, 5) is 45.1. The molecule has 7 nitrogen and oxygen atoms in total. The predicted octanol–water partition coefficient (Wildman–Crippen LogP) is 5.43. The Hall–Kier alpha value is -3.30. The lowest BCUT2D eigenvalue weighted by Gasteiger charge is -2.31. The smallest absolute Gasteiger partial charge is 0.275 e. The first-order valence-electron chi connectivity index (χ1n) is 12.0. The Kier molecular flexibility index (Phi) is 8.56. The number of thiazole rings is 1. The average molecular weight is 543 g/mol. The van der Waals surface area contributed by atoms with E-state index in [1.54, 1.807) is 48.6 Å². The van der Waals surface area contributed by atoms with Crippen molar-refractivity contribution < 1.29 is 18.8 Å². The van der Waals surface area contributed by atoms with Gasteiger partial charge in [0.05, 0.1) is 5.01 Å². The summed E-state index contributed by atoms with van der Waals surface area (Å²) in [7, 11) is 3.36. The van der Waals surface area contributed by atoms with Crippen LogP contribution in [0.1, 0.15) is 47.1 Å². The fraction of sp³-hybridized carbons (Fsp3) is 0.333. The summed E-state index contributed by atoms with van der Waals surface area (Å²) in [5.74, 6) is -0.689. The molecule has 0 bridgehead atoms. The van der Waals surface area contributed by atoms with E-state index < -0.39 is 5.82 Å². The summed E-state index contributed by atoms with van der Waals surface area (Å²) in [6, 6.07) is 11.2. The zero-order valence-corrected chi connectivity index (χ0v) is 22.2. The lowest BCUT2D eigenvalue weighted by atomic mass is 9.97. The monoisotopic (exact) mass is 542 g/mol. The van der Waals surface area contributed by atoms with Gasteiger partial charge >= 0.3 is 0 Å². The molecule has 0 unspecified atom stereocenters. The zero-order valence-electron chi connectivity index (χ0n) is 20.7. The minimum atomic E-state index is -0.409. The Balaban J connectivity index is 1.37. The lowest BCUT2D eigenvalue weighted by molar-refractivity contribution is -0.136. The van der Waals surface area contributed by atoms with Gasteiger partial charge in [0.15, 0.2) is 0 Å². The van der Waals surface area contributed by atoms with Gasteiger partial charge in [-0.2, -0.15) is 0 Å². The predicted molar refractivity (Wildman–Crippen MR) is 143 cm³/mol. The molecule has 0 aliphatic carbocycles. The molecule has 1 N–H and O–H groups in total. The standard InChI is InChI=1S/C27H28ClFN4O3S/c1-32(2)24(34)9-10-25(35)33-13-11-18(12-14-33)27-31-23(16-37-27)26(36)30-22-8-7-20(29)15-21(22)17-3-5-19(28)6-4-17/h3-8,15-16,18H,9-14H2,1-2H3,(H,30,36). The van der Waals surface area contributed by atoms with Crippen LogP contribution < -0.4 is 5.32 Å². The molecule has 37 heavy (non-hydrogen) atoms. The molecule has 4 rings (SSSR count). The Morgan fingerprint density at radius 1 is 1.11 bits per heavy atom. The molecule has 1 aromatic heterocycles. The second-order valence-electron chi connectivity index (χ2n) is 9.17. The number of carbonyl (C=O) groups is 3. The zero-order chi connectivity index (χ0) is 26.5. The molecular formula is C27H28ClFN4O3S. The van der Waals surface area contributed by atoms with Crippen LogP contribution in [0.4, 0.5) is 10.1 Å². The number of benzene rings is 2. The van der Waals surface area contributed by atoms with Crippen molar-refractivity contribution in [2.75, 3.05) is 32.5 Å². The van der Waals surface area contributed by atoms with E-state index in [1.165, 1.54) is 34.4 Å². The number of nitrogens with zero attached hydrogens (tertiary/aromatic N) is 3. The Bertz CT molecular complexity index is 1290. The molecule has 10 heteroatoms. The molecular weight excluding hydrogens is 515 g/mol. The molecule has 0 saturated carbocycles. The maximum Gasteiger partial charge on any atom is 0.275 e. The fourth-order valence-electron chi connectivity index (χ4n) is 4.23. The molecule has 0 spiro atoms. The van der Waals surface area contributed by atoms with Gasteiger partial charge in [-0.25, -0.2) is 9.37 Å². The maximum absolute atomic E-state index is 14.0. The lowest BCUT2D eigenvalue weighted by Crippen LogP contribution is -2.38. The first-order valence-corrected chi connectivity index (χ1v) is 13.3. The van der Waals surface area contributed by atoms with Crippen LogP contribution in [0.2, 0.25) is 5.02 Å². The van der Waals surface area contributed by atoms with Crippen LogP contribution in [0.25, 0.3) is 11.1 Å². The van der Waals surface area contributed by atoms with Gasteiger partial charge in [-0.1, -0.05) is 23.7 Å². The van der Waals surface area contributed by atoms with Gasteiger partial charge in [-0.05, 0) is 48.7 Å². The first-order chi connectivity index (χ1) is 17.7. The molecule has 0 radical (unpaired) electrons. The third kappa shape index (κ3) is 6.72. The van der Waals surface area contributed by atoms with Gasteiger partial charge in [-0.15, -0.1) is 11.3 Å². The highest BCUT2D eigenvalue weighted by atomic mass is 35.5. The maximum atomic E-state index is 14.0. The van der Waals surface area contributed by atoms with Gasteiger partial charge in [0, 0.05) is 67.6 Å². The van der Waals surface area contributed by atoms with Gasteiger partial charge < -0.3 is 15.1 Å². The van der Waals surface area contributed by atoms with Crippen LogP contribution in [-0.2, 0) is 9.59 Å². The normalized spacial score (nSPS) is 13.9. The van der Waals surface area contributed by atoms with Crippen LogP contribution in [-0.4, -0.2) is 59.7 Å². The van der Waals surface area contributed by atoms with Crippen LogP contribution in [0, 0.1) is 5.82 Å². The number of likely N-dealkylation sites (tertiary alicyclic amines) is 1. The number of amides is 3. The van der Waals surface area contributed by atoms with Crippen LogP contribution >= 0.6 is 22.9 Å². The Morgan fingerprint density at radius 2 is 1.81 bits per heavy atom. The number of anilines is 1. The molecule has 1 fully saturated rings. The second kappa shape index (κ2) is 11.8. The van der Waals surface area contributed by atoms with Gasteiger partial charge in [0.25, 0.3) is 5.91 Å². The topological polar surface area (TPSA) is 82.6 Å². The summed E-state index contributed by atoms with van der Waals surface area (Å²) in [6.07, 6.45) is 1.93. The summed E-state index contributed by atoms with van der Waals surface area (Å²) in [6.45, 7) is 1.20. The number of hydrogen-bond acceptors (Lipinski definition) is 5. The summed E-state index contributed by atoms with van der Waals surface area (Å²) in [5, 5.41) is 6.00. The molecule has 2 aromatic carbocycles. The highest BCUT2D eigenvalue weighted by Crippen LogP contribution is 2.32. The van der Waals surface area contributed by atoms with Crippen molar-refractivity contribution in [3.05, 3.63) is 69.4 Å². The molecule has 194 valence electrons. The third-order valence-corrected chi connectivity index (χ3v) is 7.65. The SMILES string of the molecule is CN(C)C(=O)CCC(=O)N1CCC(c2nc(C(=O)Nc3ccc(F)cc3-c3ccc(Cl)cc3)cs2)CC1. The number of rotatable bonds is 7. The summed E-state index contributed by atoms with van der Waals surface area (Å²) >= 11 is 7.40. The molecule has 0 atom stereocenters. The van der Waals surface area contributed by atoms with Gasteiger partial charge in [0.2, 0.25) is 11.8 Å². The van der Waals surface area contributed by atoms with E-state index in [9.17, 15) is 18.8 Å². The van der Waals surface area contributed by atoms with Crippen molar-refractivity contribution in [2.24, 2.45) is 0 Å². The van der Waals surface area contributed by atoms with Crippen LogP contribution in [0.5, 0.6) is 0 Å². The Morgan fingerprint density at radius 3 is 2.49 bits per heavy atom. The van der Waals surface area contributed by atoms with E-state index in [2.05, 4.69) is 10.3 Å². The van der Waals surface area contributed by atoms with E-state index in [0.29, 0.717) is 35.1 Å². The van der Waals surface area contributed by atoms with Crippen molar-refractivity contribution in [3.8, 4) is 11.1 Å². The number of carbonyl (C=O) groups excluding carboxylic acids is 3. The molecule has 1 aliphatic heterocycles. The largest absolute Gasteiger partial charge is 0.349 e. The van der Waals surface area contributed by atoms with Crippen molar-refractivity contribution in [3.63, 3.8) is 0 Å². The van der Waals surface area contributed by atoms with Crippen LogP contribution in [0.15, 0.2) is 47.8 Å². The van der Waals surface area contributed by atoms with Crippen molar-refractivity contribution in [2.45, 2.75) is 31.6 Å². The number of aromatic nitrogens is 1. The van der Waals surface area contributed by atoms with Crippen molar-refractivity contribution >= 4 is 46.3 Å². The molecule has 3 aromatic rings. The van der Waals surface area contributed by atoms with Crippen LogP contribution in [0.3, 0.4) is 0 Å². The molecule has 1 saturated heterocycles. The van der Waals surface area contributed by atoms with E-state index >= 15 is 0 Å². The number of nitrogens with one attached hydrogen (secondary N) is 1. The van der Waals surface area contributed by atoms with E-state index in [-0.39, 0.29) is 36.5 Å². The van der Waals surface area contributed by atoms with Gasteiger partial charge in [-0.3, -0.25) is 14.4 Å².